The second kappa shape index (κ2) is 12.5. The molecule has 2 atom stereocenters. The van der Waals surface area contributed by atoms with Crippen molar-refractivity contribution in [3.05, 3.63) is 125 Å². The molecule has 0 radical (unpaired) electrons. The third-order valence-electron chi connectivity index (χ3n) is 6.28. The average Bonchev–Trinajstić information content (AvgIpc) is 3.39. The first kappa shape index (κ1) is 25.7. The van der Waals surface area contributed by atoms with Crippen molar-refractivity contribution in [1.29, 1.82) is 0 Å². The predicted molar refractivity (Wildman–Crippen MR) is 135 cm³/mol. The van der Waals surface area contributed by atoms with Crippen molar-refractivity contribution >= 4 is 17.0 Å². The molecule has 2 aromatic carbocycles. The smallest absolute Gasteiger partial charge is 0 e. The van der Waals surface area contributed by atoms with Gasteiger partial charge in [-0.15, -0.1) is 51.4 Å². The van der Waals surface area contributed by atoms with E-state index in [0.717, 1.165) is 25.7 Å². The van der Waals surface area contributed by atoms with E-state index in [9.17, 15) is 0 Å². The molecule has 0 nitrogen and oxygen atoms in total. The molecule has 0 aliphatic heterocycles. The van der Waals surface area contributed by atoms with Crippen molar-refractivity contribution in [2.45, 2.75) is 51.4 Å². The van der Waals surface area contributed by atoms with Crippen LogP contribution in [-0.2, 0) is 21.7 Å². The Kier molecular flexibility index (Phi) is 10.4. The molecule has 0 saturated carbocycles. The Bertz CT molecular complexity index is 871. The van der Waals surface area contributed by atoms with Crippen LogP contribution in [0.5, 0.6) is 0 Å². The van der Waals surface area contributed by atoms with Crippen LogP contribution in [0.15, 0.2) is 107 Å². The van der Waals surface area contributed by atoms with E-state index in [1.165, 1.54) is 33.4 Å². The summed E-state index contributed by atoms with van der Waals surface area (Å²) in [7, 11) is 0. The van der Waals surface area contributed by atoms with Gasteiger partial charge in [-0.1, -0.05) is 99.5 Å². The van der Waals surface area contributed by atoms with Gasteiger partial charge in [-0.2, -0.15) is 6.42 Å². The van der Waals surface area contributed by atoms with Gasteiger partial charge >= 0.3 is 0 Å². The zero-order valence-corrected chi connectivity index (χ0v) is 21.8. The van der Waals surface area contributed by atoms with E-state index in [-0.39, 0.29) is 38.7 Å². The molecule has 2 aliphatic rings. The molecule has 31 heavy (non-hydrogen) atoms. The van der Waals surface area contributed by atoms with Gasteiger partial charge in [0, 0.05) is 21.7 Å². The first-order chi connectivity index (χ1) is 14.2. The van der Waals surface area contributed by atoms with Crippen LogP contribution < -0.4 is 0 Å². The minimum absolute atomic E-state index is 0. The van der Waals surface area contributed by atoms with E-state index >= 15 is 0 Å². The van der Waals surface area contributed by atoms with Crippen LogP contribution >= 0.6 is 17.0 Å². The molecular formula is C29H32BrTi-. The van der Waals surface area contributed by atoms with Gasteiger partial charge in [0.2, 0.25) is 0 Å². The first-order valence-electron chi connectivity index (χ1n) is 10.9. The van der Waals surface area contributed by atoms with Gasteiger partial charge in [0.1, 0.15) is 0 Å². The van der Waals surface area contributed by atoms with Crippen LogP contribution in [0.3, 0.4) is 0 Å². The topological polar surface area (TPSA) is 0 Å². The van der Waals surface area contributed by atoms with E-state index in [4.69, 9.17) is 0 Å². The standard InChI is InChI=1S/C29H31.BrH.Ti/c1-22(24-11-5-3-6-12-24)19-26-15-9-17-28(26)21-29-18-10-16-27(29)20-23(2)25-13-7-4-8-14-25;;/h3-16,21-23H,17-20H2,1-2H3;1H;/q-1;;. The van der Waals surface area contributed by atoms with Crippen molar-refractivity contribution in [1.82, 2.24) is 0 Å². The fraction of sp³-hybridized carbons (Fsp3) is 0.276. The second-order valence-corrected chi connectivity index (χ2v) is 8.49. The number of hydrogen-bond donors (Lipinski definition) is 0. The normalized spacial score (nSPS) is 16.7. The van der Waals surface area contributed by atoms with Crippen LogP contribution in [0.1, 0.15) is 62.5 Å². The minimum Gasteiger partial charge on any atom is -0.163 e. The van der Waals surface area contributed by atoms with Gasteiger partial charge < -0.3 is 0 Å². The Labute approximate surface area is 213 Å². The van der Waals surface area contributed by atoms with Gasteiger partial charge in [-0.25, -0.2) is 0 Å². The first-order valence-corrected chi connectivity index (χ1v) is 10.9. The largest absolute Gasteiger partial charge is 0.163 e. The maximum atomic E-state index is 2.49. The Morgan fingerprint density at radius 3 is 1.45 bits per heavy atom. The van der Waals surface area contributed by atoms with E-state index in [0.29, 0.717) is 11.8 Å². The molecule has 0 amide bonds. The van der Waals surface area contributed by atoms with Gasteiger partial charge in [0.15, 0.2) is 0 Å². The fourth-order valence-electron chi connectivity index (χ4n) is 4.50. The van der Waals surface area contributed by atoms with Crippen LogP contribution in [0.25, 0.3) is 0 Å². The van der Waals surface area contributed by atoms with Gasteiger partial charge in [0.05, 0.1) is 0 Å². The number of benzene rings is 2. The molecule has 0 aromatic heterocycles. The third kappa shape index (κ3) is 6.72. The molecule has 160 valence electrons. The molecule has 2 aliphatic carbocycles. The summed E-state index contributed by atoms with van der Waals surface area (Å²) in [5.74, 6) is 1.09. The third-order valence-corrected chi connectivity index (χ3v) is 6.28. The number of allylic oxidation sites excluding steroid dienone is 8. The summed E-state index contributed by atoms with van der Waals surface area (Å²) in [4.78, 5) is 0. The van der Waals surface area contributed by atoms with Crippen molar-refractivity contribution in [3.8, 4) is 0 Å². The molecule has 4 rings (SSSR count). The van der Waals surface area contributed by atoms with Gasteiger partial charge in [-0.3, -0.25) is 0 Å². The summed E-state index contributed by atoms with van der Waals surface area (Å²) in [5.41, 5.74) is 8.90. The van der Waals surface area contributed by atoms with Crippen LogP contribution in [0.4, 0.5) is 0 Å². The quantitative estimate of drug-likeness (QED) is 0.247. The van der Waals surface area contributed by atoms with E-state index < -0.39 is 0 Å². The average molecular weight is 508 g/mol. The Balaban J connectivity index is 0.00000171. The van der Waals surface area contributed by atoms with Crippen molar-refractivity contribution < 1.29 is 21.7 Å². The number of hydrogen-bond acceptors (Lipinski definition) is 0. The maximum Gasteiger partial charge on any atom is 0 e. The van der Waals surface area contributed by atoms with E-state index in [1.807, 2.05) is 0 Å². The summed E-state index contributed by atoms with van der Waals surface area (Å²) in [6.07, 6.45) is 16.2. The molecule has 0 fully saturated rings. The molecule has 0 spiro atoms. The van der Waals surface area contributed by atoms with Crippen molar-refractivity contribution in [3.63, 3.8) is 0 Å². The second-order valence-electron chi connectivity index (χ2n) is 8.49. The molecular weight excluding hydrogens is 476 g/mol. The molecule has 2 heteroatoms. The molecule has 0 saturated heterocycles. The molecule has 0 heterocycles. The van der Waals surface area contributed by atoms with Crippen molar-refractivity contribution in [2.24, 2.45) is 0 Å². The number of halogens is 1. The van der Waals surface area contributed by atoms with Crippen molar-refractivity contribution in [2.75, 3.05) is 0 Å². The summed E-state index contributed by atoms with van der Waals surface area (Å²) < 4.78 is 0. The summed E-state index contributed by atoms with van der Waals surface area (Å²) in [6, 6.07) is 21.8. The van der Waals surface area contributed by atoms with Crippen LogP contribution in [0, 0.1) is 6.42 Å². The monoisotopic (exact) mass is 507 g/mol. The molecule has 2 aromatic rings. The summed E-state index contributed by atoms with van der Waals surface area (Å²) in [6.45, 7) is 4.69. The predicted octanol–water partition coefficient (Wildman–Crippen LogP) is 8.67. The fourth-order valence-corrected chi connectivity index (χ4v) is 4.50. The van der Waals surface area contributed by atoms with E-state index in [1.54, 1.807) is 0 Å². The van der Waals surface area contributed by atoms with Gasteiger partial charge in [-0.05, 0) is 35.8 Å². The minimum atomic E-state index is 0. The van der Waals surface area contributed by atoms with E-state index in [2.05, 4.69) is 105 Å². The zero-order chi connectivity index (χ0) is 20.1. The summed E-state index contributed by atoms with van der Waals surface area (Å²) >= 11 is 0. The Morgan fingerprint density at radius 1 is 0.677 bits per heavy atom. The van der Waals surface area contributed by atoms with Crippen LogP contribution in [0.2, 0.25) is 0 Å². The zero-order valence-electron chi connectivity index (χ0n) is 18.6. The molecule has 0 N–H and O–H groups in total. The van der Waals surface area contributed by atoms with Gasteiger partial charge in [0.25, 0.3) is 0 Å². The Morgan fingerprint density at radius 2 is 1.06 bits per heavy atom. The molecule has 0 bridgehead atoms. The SMILES string of the molecule is Br.CC(CC1=C([CH-]C2=C(CC(C)c3ccccc3)C=CC2)CC=C1)c1ccccc1.[Ti]. The molecule has 2 unspecified atom stereocenters. The summed E-state index contributed by atoms with van der Waals surface area (Å²) in [5, 5.41) is 0. The maximum absolute atomic E-state index is 2.49. The Hall–Kier alpha value is -1.54. The number of rotatable bonds is 8. The van der Waals surface area contributed by atoms with Crippen LogP contribution in [-0.4, -0.2) is 0 Å².